The summed E-state index contributed by atoms with van der Waals surface area (Å²) in [4.78, 5) is 2.48. The van der Waals surface area contributed by atoms with E-state index in [1.54, 1.807) is 12.1 Å². The number of hydrogen-bond acceptors (Lipinski definition) is 3. The van der Waals surface area contributed by atoms with E-state index in [0.29, 0.717) is 17.8 Å². The summed E-state index contributed by atoms with van der Waals surface area (Å²) in [6.45, 7) is 13.8. The highest BCUT2D eigenvalue weighted by atomic mass is 16.3. The van der Waals surface area contributed by atoms with Gasteiger partial charge >= 0.3 is 0 Å². The molecule has 0 aliphatic rings. The monoisotopic (exact) mass is 371 g/mol. The van der Waals surface area contributed by atoms with Gasteiger partial charge in [-0.25, -0.2) is 0 Å². The lowest BCUT2D eigenvalue weighted by atomic mass is 9.86. The van der Waals surface area contributed by atoms with E-state index >= 15 is 0 Å². The number of aliphatic hydroxyl groups excluding tert-OH is 1. The van der Waals surface area contributed by atoms with Crippen LogP contribution in [-0.2, 0) is 6.61 Å². The minimum Gasteiger partial charge on any atom is -0.508 e. The van der Waals surface area contributed by atoms with Crippen molar-refractivity contribution in [2.75, 3.05) is 6.54 Å². The van der Waals surface area contributed by atoms with Crippen LogP contribution in [-0.4, -0.2) is 33.7 Å². The minimum atomic E-state index is -0.0150. The Labute approximate surface area is 165 Å². The number of phenolic OH excluding ortho intramolecular Hbond substituents is 1. The van der Waals surface area contributed by atoms with Crippen LogP contribution in [0.5, 0.6) is 5.75 Å². The molecule has 3 nitrogen and oxygen atoms in total. The number of rotatable bonds is 8. The fourth-order valence-electron chi connectivity index (χ4n) is 3.56. The molecule has 2 aromatic rings. The van der Waals surface area contributed by atoms with Gasteiger partial charge in [0.15, 0.2) is 0 Å². The van der Waals surface area contributed by atoms with Crippen LogP contribution in [0.2, 0.25) is 0 Å². The third kappa shape index (κ3) is 6.67. The molecule has 27 heavy (non-hydrogen) atoms. The van der Waals surface area contributed by atoms with Crippen LogP contribution >= 0.6 is 0 Å². The highest BCUT2D eigenvalue weighted by Crippen LogP contribution is 2.35. The molecule has 1 unspecified atom stereocenters. The number of aromatic hydroxyl groups is 1. The zero-order valence-electron chi connectivity index (χ0n) is 17.8. The molecule has 0 amide bonds. The van der Waals surface area contributed by atoms with Crippen LogP contribution in [0.3, 0.4) is 0 Å². The van der Waals surface area contributed by atoms with Crippen molar-refractivity contribution >= 4 is 0 Å². The van der Waals surface area contributed by atoms with Gasteiger partial charge in [0.2, 0.25) is 0 Å². The van der Waals surface area contributed by atoms with Crippen molar-refractivity contribution in [1.29, 1.82) is 0 Å². The summed E-state index contributed by atoms with van der Waals surface area (Å²) in [6, 6.07) is 16.7. The second kappa shape index (κ2) is 11.8. The Kier molecular flexibility index (Phi) is 10.1. The highest BCUT2D eigenvalue weighted by molar-refractivity contribution is 5.43. The molecule has 2 N–H and O–H groups in total. The predicted molar refractivity (Wildman–Crippen MR) is 115 cm³/mol. The lowest BCUT2D eigenvalue weighted by molar-refractivity contribution is 0.170. The predicted octanol–water partition coefficient (Wildman–Crippen LogP) is 5.55. The highest BCUT2D eigenvalue weighted by Gasteiger charge is 2.21. The number of nitrogens with zero attached hydrogens (tertiary/aromatic N) is 1. The number of benzene rings is 2. The Balaban J connectivity index is 0.00000176. The fraction of sp³-hybridized carbons (Fsp3) is 0.500. The summed E-state index contributed by atoms with van der Waals surface area (Å²) in [7, 11) is 0. The van der Waals surface area contributed by atoms with Crippen molar-refractivity contribution < 1.29 is 10.2 Å². The first-order valence-electron chi connectivity index (χ1n) is 10.2. The molecule has 0 bridgehead atoms. The van der Waals surface area contributed by atoms with Gasteiger partial charge in [0.05, 0.1) is 6.61 Å². The molecule has 0 aliphatic heterocycles. The minimum absolute atomic E-state index is 0.0150. The van der Waals surface area contributed by atoms with Crippen molar-refractivity contribution in [2.45, 2.75) is 72.6 Å². The molecule has 2 rings (SSSR count). The van der Waals surface area contributed by atoms with E-state index in [1.165, 1.54) is 5.56 Å². The molecule has 0 aliphatic carbocycles. The third-order valence-corrected chi connectivity index (χ3v) is 4.85. The van der Waals surface area contributed by atoms with E-state index in [1.807, 2.05) is 38.1 Å². The van der Waals surface area contributed by atoms with Gasteiger partial charge in [-0.2, -0.15) is 0 Å². The van der Waals surface area contributed by atoms with Gasteiger partial charge in [-0.1, -0.05) is 50.2 Å². The van der Waals surface area contributed by atoms with Gasteiger partial charge in [0.1, 0.15) is 5.75 Å². The third-order valence-electron chi connectivity index (χ3n) is 4.85. The molecule has 150 valence electrons. The van der Waals surface area contributed by atoms with E-state index in [0.717, 1.165) is 24.1 Å². The maximum Gasteiger partial charge on any atom is 0.119 e. The van der Waals surface area contributed by atoms with Crippen LogP contribution < -0.4 is 0 Å². The second-order valence-corrected chi connectivity index (χ2v) is 7.23. The van der Waals surface area contributed by atoms with Crippen molar-refractivity contribution in [3.63, 3.8) is 0 Å². The van der Waals surface area contributed by atoms with Crippen LogP contribution in [0.4, 0.5) is 0 Å². The molecule has 0 spiro atoms. The van der Waals surface area contributed by atoms with E-state index in [-0.39, 0.29) is 12.5 Å². The molecule has 0 saturated carbocycles. The Hall–Kier alpha value is -1.84. The summed E-state index contributed by atoms with van der Waals surface area (Å²) in [5.74, 6) is 0.402. The van der Waals surface area contributed by atoms with Crippen LogP contribution in [0.25, 0.3) is 0 Å². The lowest BCUT2D eigenvalue weighted by Crippen LogP contribution is -2.38. The van der Waals surface area contributed by atoms with Gasteiger partial charge < -0.3 is 10.2 Å². The fourth-order valence-corrected chi connectivity index (χ4v) is 3.56. The van der Waals surface area contributed by atoms with Crippen molar-refractivity contribution in [2.24, 2.45) is 0 Å². The summed E-state index contributed by atoms with van der Waals surface area (Å²) in [5, 5.41) is 19.9. The number of hydrogen-bond donors (Lipinski definition) is 2. The van der Waals surface area contributed by atoms with Crippen molar-refractivity contribution in [1.82, 2.24) is 4.90 Å². The van der Waals surface area contributed by atoms with Gasteiger partial charge in [-0.3, -0.25) is 4.90 Å². The molecular weight excluding hydrogens is 334 g/mol. The Morgan fingerprint density at radius 3 is 2.00 bits per heavy atom. The molecule has 0 fully saturated rings. The van der Waals surface area contributed by atoms with Crippen molar-refractivity contribution in [3.8, 4) is 5.75 Å². The molecule has 0 saturated heterocycles. The van der Waals surface area contributed by atoms with Gasteiger partial charge in [-0.05, 0) is 63.9 Å². The van der Waals surface area contributed by atoms with Gasteiger partial charge in [0.25, 0.3) is 0 Å². The van der Waals surface area contributed by atoms with E-state index in [9.17, 15) is 10.2 Å². The van der Waals surface area contributed by atoms with Crippen LogP contribution in [0.15, 0.2) is 48.5 Å². The first-order valence-corrected chi connectivity index (χ1v) is 10.2. The normalized spacial score (nSPS) is 12.2. The summed E-state index contributed by atoms with van der Waals surface area (Å²) in [5.41, 5.74) is 2.92. The topological polar surface area (TPSA) is 43.7 Å². The summed E-state index contributed by atoms with van der Waals surface area (Å²) < 4.78 is 0. The molecule has 2 aromatic carbocycles. The maximum atomic E-state index is 10.5. The average Bonchev–Trinajstić information content (AvgIpc) is 2.68. The molecule has 0 radical (unpaired) electrons. The molecule has 1 atom stereocenters. The van der Waals surface area contributed by atoms with Gasteiger partial charge in [0, 0.05) is 23.6 Å². The molecule has 0 heterocycles. The molecular formula is C24H37NO2. The SMILES string of the molecule is CC.CC(C)N(CCC(c1ccccc1)c1cc(CO)ccc1O)C(C)C. The average molecular weight is 372 g/mol. The Morgan fingerprint density at radius 1 is 0.889 bits per heavy atom. The first-order chi connectivity index (χ1) is 12.9. The van der Waals surface area contributed by atoms with E-state index in [4.69, 9.17) is 0 Å². The maximum absolute atomic E-state index is 10.5. The second-order valence-electron chi connectivity index (χ2n) is 7.23. The zero-order valence-corrected chi connectivity index (χ0v) is 17.8. The standard InChI is InChI=1S/C22H31NO2.C2H6/c1-16(2)23(17(3)4)13-12-20(19-8-6-5-7-9-19)21-14-18(15-24)10-11-22(21)25;1-2/h5-11,14,16-17,20,24-25H,12-13,15H2,1-4H3;1-2H3. The largest absolute Gasteiger partial charge is 0.508 e. The number of aliphatic hydroxyl groups is 1. The van der Waals surface area contributed by atoms with Crippen LogP contribution in [0, 0.1) is 0 Å². The first kappa shape index (κ1) is 23.2. The summed E-state index contributed by atoms with van der Waals surface area (Å²) in [6.07, 6.45) is 0.919. The Morgan fingerprint density at radius 2 is 1.48 bits per heavy atom. The lowest BCUT2D eigenvalue weighted by Gasteiger charge is -2.32. The zero-order chi connectivity index (χ0) is 20.4. The van der Waals surface area contributed by atoms with Crippen LogP contribution in [0.1, 0.15) is 70.6 Å². The smallest absolute Gasteiger partial charge is 0.119 e. The van der Waals surface area contributed by atoms with Crippen molar-refractivity contribution in [3.05, 3.63) is 65.2 Å². The number of phenols is 1. The van der Waals surface area contributed by atoms with Gasteiger partial charge in [-0.15, -0.1) is 0 Å². The molecule has 3 heteroatoms. The quantitative estimate of drug-likeness (QED) is 0.639. The van der Waals surface area contributed by atoms with E-state index in [2.05, 4.69) is 44.7 Å². The van der Waals surface area contributed by atoms with E-state index < -0.39 is 0 Å². The molecule has 0 aromatic heterocycles. The summed E-state index contributed by atoms with van der Waals surface area (Å²) >= 11 is 0. The Bertz CT molecular complexity index is 645.